The van der Waals surface area contributed by atoms with Crippen molar-refractivity contribution >= 4 is 11.6 Å². The van der Waals surface area contributed by atoms with Crippen molar-refractivity contribution in [2.24, 2.45) is 0 Å². The molecule has 0 spiro atoms. The second-order valence-electron chi connectivity index (χ2n) is 5.83. The van der Waals surface area contributed by atoms with Gasteiger partial charge in [-0.3, -0.25) is 4.79 Å². The van der Waals surface area contributed by atoms with Crippen molar-refractivity contribution in [3.63, 3.8) is 0 Å². The van der Waals surface area contributed by atoms with Gasteiger partial charge in [0, 0.05) is 17.8 Å². The van der Waals surface area contributed by atoms with Gasteiger partial charge in [-0.1, -0.05) is 12.8 Å². The van der Waals surface area contributed by atoms with Crippen LogP contribution in [0.4, 0.5) is 5.69 Å². The first kappa shape index (κ1) is 13.4. The first-order valence-electron chi connectivity index (χ1n) is 7.45. The minimum absolute atomic E-state index is 0.128. The second-order valence-corrected chi connectivity index (χ2v) is 5.83. The highest BCUT2D eigenvalue weighted by Crippen LogP contribution is 2.30. The molecule has 1 saturated carbocycles. The lowest BCUT2D eigenvalue weighted by molar-refractivity contribution is -0.0753. The molecule has 2 atom stereocenters. The summed E-state index contributed by atoms with van der Waals surface area (Å²) in [5, 5.41) is 0. The zero-order chi connectivity index (χ0) is 14.1. The van der Waals surface area contributed by atoms with E-state index in [-0.39, 0.29) is 18.1 Å². The number of fused-ring (bicyclic) bond motifs is 1. The number of carbonyl (C=O) groups excluding carboxylic acids is 1. The van der Waals surface area contributed by atoms with Crippen molar-refractivity contribution in [3.8, 4) is 0 Å². The maximum atomic E-state index is 12.8. The lowest BCUT2D eigenvalue weighted by atomic mass is 9.89. The maximum absolute atomic E-state index is 12.8. The van der Waals surface area contributed by atoms with Crippen molar-refractivity contribution in [2.45, 2.75) is 44.8 Å². The molecule has 2 N–H and O–H groups in total. The molecule has 1 aliphatic carbocycles. The predicted molar refractivity (Wildman–Crippen MR) is 78.6 cm³/mol. The van der Waals surface area contributed by atoms with Gasteiger partial charge in [-0.2, -0.15) is 0 Å². The molecule has 0 bridgehead atoms. The van der Waals surface area contributed by atoms with E-state index in [4.69, 9.17) is 10.5 Å². The smallest absolute Gasteiger partial charge is 0.254 e. The molecule has 108 valence electrons. The number of amides is 1. The first-order chi connectivity index (χ1) is 9.66. The van der Waals surface area contributed by atoms with Crippen molar-refractivity contribution < 1.29 is 9.53 Å². The van der Waals surface area contributed by atoms with Crippen LogP contribution in [0.3, 0.4) is 0 Å². The molecule has 1 aromatic rings. The number of anilines is 1. The van der Waals surface area contributed by atoms with Gasteiger partial charge < -0.3 is 15.4 Å². The van der Waals surface area contributed by atoms with E-state index in [0.29, 0.717) is 18.8 Å². The SMILES string of the molecule is Cc1cc(N)ccc1C(=O)N1CCOC2CCCCC21. The molecule has 1 aromatic carbocycles. The summed E-state index contributed by atoms with van der Waals surface area (Å²) in [6.45, 7) is 3.30. The molecule has 4 nitrogen and oxygen atoms in total. The minimum Gasteiger partial charge on any atom is -0.399 e. The van der Waals surface area contributed by atoms with Crippen LogP contribution in [0.5, 0.6) is 0 Å². The topological polar surface area (TPSA) is 55.6 Å². The molecule has 0 radical (unpaired) electrons. The summed E-state index contributed by atoms with van der Waals surface area (Å²) in [6.07, 6.45) is 4.77. The number of hydrogen-bond donors (Lipinski definition) is 1. The Morgan fingerprint density at radius 3 is 2.95 bits per heavy atom. The molecule has 2 fully saturated rings. The molecule has 3 rings (SSSR count). The Bertz CT molecular complexity index is 513. The van der Waals surface area contributed by atoms with Gasteiger partial charge in [0.15, 0.2) is 0 Å². The summed E-state index contributed by atoms with van der Waals surface area (Å²) < 4.78 is 5.83. The van der Waals surface area contributed by atoms with Crippen molar-refractivity contribution in [1.29, 1.82) is 0 Å². The van der Waals surface area contributed by atoms with E-state index in [2.05, 4.69) is 0 Å². The van der Waals surface area contributed by atoms with E-state index in [1.807, 2.05) is 24.0 Å². The second kappa shape index (κ2) is 5.44. The third-order valence-corrected chi connectivity index (χ3v) is 4.47. The average Bonchev–Trinajstić information content (AvgIpc) is 2.46. The third kappa shape index (κ3) is 2.40. The van der Waals surface area contributed by atoms with Gasteiger partial charge in [0.05, 0.1) is 18.8 Å². The van der Waals surface area contributed by atoms with Gasteiger partial charge in [-0.25, -0.2) is 0 Å². The average molecular weight is 274 g/mol. The highest BCUT2D eigenvalue weighted by Gasteiger charge is 2.37. The fourth-order valence-corrected chi connectivity index (χ4v) is 3.43. The Hall–Kier alpha value is -1.55. The predicted octanol–water partition coefficient (Wildman–Crippen LogP) is 2.36. The Kier molecular flexibility index (Phi) is 3.66. The van der Waals surface area contributed by atoms with E-state index >= 15 is 0 Å². The normalized spacial score (nSPS) is 26.1. The number of nitrogen functional groups attached to an aromatic ring is 1. The molecular formula is C16H22N2O2. The van der Waals surface area contributed by atoms with Gasteiger partial charge >= 0.3 is 0 Å². The van der Waals surface area contributed by atoms with Crippen molar-refractivity contribution in [1.82, 2.24) is 4.90 Å². The largest absolute Gasteiger partial charge is 0.399 e. The van der Waals surface area contributed by atoms with Crippen molar-refractivity contribution in [3.05, 3.63) is 29.3 Å². The van der Waals surface area contributed by atoms with Gasteiger partial charge in [0.1, 0.15) is 0 Å². The molecule has 4 heteroatoms. The number of aryl methyl sites for hydroxylation is 1. The lowest BCUT2D eigenvalue weighted by Crippen LogP contribution is -2.54. The van der Waals surface area contributed by atoms with E-state index in [0.717, 1.165) is 24.0 Å². The summed E-state index contributed by atoms with van der Waals surface area (Å²) in [6, 6.07) is 5.77. The minimum atomic E-state index is 0.128. The monoisotopic (exact) mass is 274 g/mol. The molecule has 2 aliphatic rings. The molecule has 2 unspecified atom stereocenters. The van der Waals surface area contributed by atoms with Crippen LogP contribution in [0.25, 0.3) is 0 Å². The molecule has 1 saturated heterocycles. The standard InChI is InChI=1S/C16H22N2O2/c1-11-10-12(17)6-7-13(11)16(19)18-8-9-20-15-5-3-2-4-14(15)18/h6-7,10,14-15H,2-5,8-9,17H2,1H3. The van der Waals surface area contributed by atoms with Gasteiger partial charge in [0.2, 0.25) is 0 Å². The summed E-state index contributed by atoms with van der Waals surface area (Å²) in [5.74, 6) is 0.128. The van der Waals surface area contributed by atoms with Crippen LogP contribution < -0.4 is 5.73 Å². The molecule has 1 aliphatic heterocycles. The Balaban J connectivity index is 1.85. The molecule has 1 amide bonds. The zero-order valence-corrected chi connectivity index (χ0v) is 12.0. The van der Waals surface area contributed by atoms with E-state index in [1.54, 1.807) is 6.07 Å². The van der Waals surface area contributed by atoms with Crippen LogP contribution in [0.1, 0.15) is 41.6 Å². The van der Waals surface area contributed by atoms with Crippen LogP contribution in [-0.4, -0.2) is 36.1 Å². The highest BCUT2D eigenvalue weighted by molar-refractivity contribution is 5.96. The van der Waals surface area contributed by atoms with Crippen LogP contribution in [0.15, 0.2) is 18.2 Å². The number of nitrogens with two attached hydrogens (primary N) is 1. The molecule has 0 aromatic heterocycles. The molecular weight excluding hydrogens is 252 g/mol. The number of hydrogen-bond acceptors (Lipinski definition) is 3. The highest BCUT2D eigenvalue weighted by atomic mass is 16.5. The van der Waals surface area contributed by atoms with Gasteiger partial charge in [-0.15, -0.1) is 0 Å². The molecule has 1 heterocycles. The number of benzene rings is 1. The van der Waals surface area contributed by atoms with Gasteiger partial charge in [-0.05, 0) is 43.5 Å². The van der Waals surface area contributed by atoms with E-state index < -0.39 is 0 Å². The lowest BCUT2D eigenvalue weighted by Gasteiger charge is -2.44. The number of carbonyl (C=O) groups is 1. The van der Waals surface area contributed by atoms with Gasteiger partial charge in [0.25, 0.3) is 5.91 Å². The Morgan fingerprint density at radius 2 is 2.15 bits per heavy atom. The number of rotatable bonds is 1. The zero-order valence-electron chi connectivity index (χ0n) is 12.0. The number of ether oxygens (including phenoxy) is 1. The fraction of sp³-hybridized carbons (Fsp3) is 0.562. The quantitative estimate of drug-likeness (QED) is 0.800. The summed E-state index contributed by atoms with van der Waals surface area (Å²) in [4.78, 5) is 14.8. The fourth-order valence-electron chi connectivity index (χ4n) is 3.43. The Morgan fingerprint density at radius 1 is 1.35 bits per heavy atom. The first-order valence-corrected chi connectivity index (χ1v) is 7.45. The molecule has 20 heavy (non-hydrogen) atoms. The number of morpholine rings is 1. The Labute approximate surface area is 119 Å². The third-order valence-electron chi connectivity index (χ3n) is 4.47. The van der Waals surface area contributed by atoms with Crippen LogP contribution in [-0.2, 0) is 4.74 Å². The summed E-state index contributed by atoms with van der Waals surface area (Å²) in [7, 11) is 0. The maximum Gasteiger partial charge on any atom is 0.254 e. The van der Waals surface area contributed by atoms with Crippen molar-refractivity contribution in [2.75, 3.05) is 18.9 Å². The summed E-state index contributed by atoms with van der Waals surface area (Å²) >= 11 is 0. The van der Waals surface area contributed by atoms with E-state index in [1.165, 1.54) is 12.8 Å². The van der Waals surface area contributed by atoms with E-state index in [9.17, 15) is 4.79 Å². The summed E-state index contributed by atoms with van der Waals surface area (Å²) in [5.41, 5.74) is 8.19. The van der Waals surface area contributed by atoms with Crippen LogP contribution >= 0.6 is 0 Å². The van der Waals surface area contributed by atoms with Crippen LogP contribution in [0.2, 0.25) is 0 Å². The number of nitrogens with zero attached hydrogens (tertiary/aromatic N) is 1. The van der Waals surface area contributed by atoms with Crippen LogP contribution in [0, 0.1) is 6.92 Å².